The molecule has 0 heterocycles. The molecule has 26 heavy (non-hydrogen) atoms. The number of benzene rings is 1. The van der Waals surface area contributed by atoms with Crippen LogP contribution in [0.4, 0.5) is 0 Å². The van der Waals surface area contributed by atoms with Gasteiger partial charge in [-0.2, -0.15) is 0 Å². The van der Waals surface area contributed by atoms with Gasteiger partial charge in [0.15, 0.2) is 0 Å². The van der Waals surface area contributed by atoms with Gasteiger partial charge in [-0.05, 0) is 63.3 Å². The van der Waals surface area contributed by atoms with Crippen molar-refractivity contribution in [2.24, 2.45) is 0 Å². The molecule has 0 radical (unpaired) electrons. The van der Waals surface area contributed by atoms with Crippen LogP contribution in [0.2, 0.25) is 0 Å². The first-order valence-electron chi connectivity index (χ1n) is 9.07. The van der Waals surface area contributed by atoms with E-state index in [1.807, 2.05) is 0 Å². The molecule has 1 aliphatic rings. The van der Waals surface area contributed by atoms with Crippen LogP contribution in [-0.2, 0) is 14.3 Å². The number of ether oxygens (including phenoxy) is 2. The van der Waals surface area contributed by atoms with Gasteiger partial charge in [-0.3, -0.25) is 0 Å². The number of hydrogen-bond donors (Lipinski definition) is 1. The van der Waals surface area contributed by atoms with Gasteiger partial charge in [0.05, 0.1) is 12.7 Å². The molecule has 0 saturated heterocycles. The van der Waals surface area contributed by atoms with Crippen molar-refractivity contribution in [2.45, 2.75) is 64.4 Å². The zero-order valence-corrected chi connectivity index (χ0v) is 16.0. The van der Waals surface area contributed by atoms with Gasteiger partial charge in [0.25, 0.3) is 0 Å². The van der Waals surface area contributed by atoms with Crippen molar-refractivity contribution in [3.8, 4) is 5.75 Å². The lowest BCUT2D eigenvalue weighted by molar-refractivity contribution is -0.148. The van der Waals surface area contributed by atoms with Crippen LogP contribution >= 0.6 is 0 Å². The highest BCUT2D eigenvalue weighted by molar-refractivity contribution is 5.92. The van der Waals surface area contributed by atoms with Crippen LogP contribution < -0.4 is 0 Å². The third-order valence-corrected chi connectivity index (χ3v) is 4.44. The number of carbonyl (C=O) groups is 2. The summed E-state index contributed by atoms with van der Waals surface area (Å²) in [6.45, 7) is 5.36. The van der Waals surface area contributed by atoms with Gasteiger partial charge in [0, 0.05) is 11.6 Å². The Morgan fingerprint density at radius 2 is 1.81 bits per heavy atom. The monoisotopic (exact) mass is 360 g/mol. The van der Waals surface area contributed by atoms with E-state index in [9.17, 15) is 14.7 Å². The topological polar surface area (TPSA) is 72.8 Å². The Hall–Kier alpha value is -2.30. The van der Waals surface area contributed by atoms with Crippen molar-refractivity contribution in [3.63, 3.8) is 0 Å². The molecule has 0 aliphatic heterocycles. The highest BCUT2D eigenvalue weighted by Gasteiger charge is 2.22. The maximum atomic E-state index is 12.0. The molecule has 0 amide bonds. The van der Waals surface area contributed by atoms with E-state index >= 15 is 0 Å². The number of rotatable bonds is 4. The Bertz CT molecular complexity index is 691. The van der Waals surface area contributed by atoms with Crippen molar-refractivity contribution in [2.75, 3.05) is 7.11 Å². The summed E-state index contributed by atoms with van der Waals surface area (Å²) in [5.74, 6) is -0.639. The maximum Gasteiger partial charge on any atom is 0.337 e. The molecule has 2 rings (SSSR count). The van der Waals surface area contributed by atoms with Gasteiger partial charge >= 0.3 is 11.9 Å². The van der Waals surface area contributed by atoms with Crippen molar-refractivity contribution in [3.05, 3.63) is 34.9 Å². The highest BCUT2D eigenvalue weighted by Crippen LogP contribution is 2.39. The first-order chi connectivity index (χ1) is 12.2. The van der Waals surface area contributed by atoms with Crippen molar-refractivity contribution >= 4 is 18.0 Å². The van der Waals surface area contributed by atoms with Gasteiger partial charge in [-0.25, -0.2) is 9.59 Å². The minimum Gasteiger partial charge on any atom is -0.507 e. The second kappa shape index (κ2) is 8.39. The lowest BCUT2D eigenvalue weighted by Gasteiger charge is -2.24. The molecular formula is C21H28O5. The summed E-state index contributed by atoms with van der Waals surface area (Å²) in [5.41, 5.74) is 0.940. The second-order valence-corrected chi connectivity index (χ2v) is 7.70. The zero-order valence-electron chi connectivity index (χ0n) is 16.0. The average molecular weight is 360 g/mol. The van der Waals surface area contributed by atoms with E-state index < -0.39 is 17.5 Å². The first kappa shape index (κ1) is 20.0. The Morgan fingerprint density at radius 3 is 2.38 bits per heavy atom. The van der Waals surface area contributed by atoms with E-state index in [0.29, 0.717) is 11.1 Å². The number of hydrogen-bond acceptors (Lipinski definition) is 5. The van der Waals surface area contributed by atoms with E-state index in [-0.39, 0.29) is 11.7 Å². The van der Waals surface area contributed by atoms with Gasteiger partial charge < -0.3 is 14.6 Å². The standard InChI is InChI=1S/C21H28O5/c1-21(2,3)26-18(22)11-10-15-12-16(20(24)25-4)13-17(19(15)23)14-8-6-5-7-9-14/h10-14,23H,5-9H2,1-4H3. The minimum atomic E-state index is -0.593. The van der Waals surface area contributed by atoms with E-state index in [4.69, 9.17) is 9.47 Å². The molecule has 5 nitrogen and oxygen atoms in total. The van der Waals surface area contributed by atoms with Crippen LogP contribution in [0.3, 0.4) is 0 Å². The molecule has 5 heteroatoms. The Balaban J connectivity index is 2.37. The smallest absolute Gasteiger partial charge is 0.337 e. The number of phenols is 1. The van der Waals surface area contributed by atoms with Crippen LogP contribution in [0.5, 0.6) is 5.75 Å². The highest BCUT2D eigenvalue weighted by atomic mass is 16.6. The molecule has 0 aromatic heterocycles. The summed E-state index contributed by atoms with van der Waals surface area (Å²) in [4.78, 5) is 23.9. The first-order valence-corrected chi connectivity index (χ1v) is 9.07. The summed E-state index contributed by atoms with van der Waals surface area (Å²) in [6.07, 6.45) is 8.12. The minimum absolute atomic E-state index is 0.115. The number of methoxy groups -OCH3 is 1. The molecular weight excluding hydrogens is 332 g/mol. The lowest BCUT2D eigenvalue weighted by Crippen LogP contribution is -2.22. The van der Waals surface area contributed by atoms with E-state index in [1.165, 1.54) is 31.7 Å². The molecule has 0 atom stereocenters. The molecule has 1 aromatic carbocycles. The summed E-state index contributed by atoms with van der Waals surface area (Å²) >= 11 is 0. The van der Waals surface area contributed by atoms with Gasteiger partial charge in [-0.1, -0.05) is 19.3 Å². The van der Waals surface area contributed by atoms with E-state index in [0.717, 1.165) is 31.2 Å². The van der Waals surface area contributed by atoms with Crippen molar-refractivity contribution in [1.82, 2.24) is 0 Å². The fraction of sp³-hybridized carbons (Fsp3) is 0.524. The Morgan fingerprint density at radius 1 is 1.15 bits per heavy atom. The quantitative estimate of drug-likeness (QED) is 0.628. The van der Waals surface area contributed by atoms with Crippen LogP contribution in [0.1, 0.15) is 80.3 Å². The average Bonchev–Trinajstić information content (AvgIpc) is 2.59. The zero-order chi connectivity index (χ0) is 19.3. The molecule has 1 fully saturated rings. The molecule has 1 N–H and O–H groups in total. The number of carbonyl (C=O) groups excluding carboxylic acids is 2. The van der Waals surface area contributed by atoms with Gasteiger partial charge in [0.1, 0.15) is 11.4 Å². The van der Waals surface area contributed by atoms with E-state index in [1.54, 1.807) is 26.8 Å². The van der Waals surface area contributed by atoms with Gasteiger partial charge in [-0.15, -0.1) is 0 Å². The molecule has 0 bridgehead atoms. The molecule has 1 saturated carbocycles. The van der Waals surface area contributed by atoms with Gasteiger partial charge in [0.2, 0.25) is 0 Å². The third kappa shape index (κ3) is 5.35. The molecule has 1 aliphatic carbocycles. The lowest BCUT2D eigenvalue weighted by atomic mass is 9.82. The SMILES string of the molecule is COC(=O)c1cc(C=CC(=O)OC(C)(C)C)c(O)c(C2CCCCC2)c1. The number of aromatic hydroxyl groups is 1. The third-order valence-electron chi connectivity index (χ3n) is 4.44. The van der Waals surface area contributed by atoms with Crippen LogP contribution in [0, 0.1) is 0 Å². The van der Waals surface area contributed by atoms with Crippen molar-refractivity contribution in [1.29, 1.82) is 0 Å². The normalized spacial score (nSPS) is 15.8. The van der Waals surface area contributed by atoms with Crippen LogP contribution in [-0.4, -0.2) is 29.8 Å². The van der Waals surface area contributed by atoms with Crippen molar-refractivity contribution < 1.29 is 24.2 Å². The summed E-state index contributed by atoms with van der Waals surface area (Å²) in [5, 5.41) is 10.7. The Labute approximate surface area is 155 Å². The molecule has 0 spiro atoms. The van der Waals surface area contributed by atoms with E-state index in [2.05, 4.69) is 0 Å². The second-order valence-electron chi connectivity index (χ2n) is 7.70. The predicted octanol–water partition coefficient (Wildman–Crippen LogP) is 4.58. The molecule has 0 unspecified atom stereocenters. The summed E-state index contributed by atoms with van der Waals surface area (Å²) < 4.78 is 10.1. The van der Waals surface area contributed by atoms with Crippen LogP contribution in [0.15, 0.2) is 18.2 Å². The summed E-state index contributed by atoms with van der Waals surface area (Å²) in [7, 11) is 1.33. The largest absolute Gasteiger partial charge is 0.507 e. The molecule has 1 aromatic rings. The van der Waals surface area contributed by atoms with Crippen LogP contribution in [0.25, 0.3) is 6.08 Å². The molecule has 142 valence electrons. The summed E-state index contributed by atoms with van der Waals surface area (Å²) in [6, 6.07) is 3.25. The fourth-order valence-corrected chi connectivity index (χ4v) is 3.26. The maximum absolute atomic E-state index is 12.0. The predicted molar refractivity (Wildman–Crippen MR) is 100 cm³/mol. The number of phenolic OH excluding ortho intramolecular Hbond substituents is 1. The number of esters is 2. The fourth-order valence-electron chi connectivity index (χ4n) is 3.26. The Kier molecular flexibility index (Phi) is 6.46.